The van der Waals surface area contributed by atoms with E-state index in [0.29, 0.717) is 12.1 Å². The van der Waals surface area contributed by atoms with Gasteiger partial charge in [-0.05, 0) is 43.5 Å². The Morgan fingerprint density at radius 3 is 2.38 bits per heavy atom. The van der Waals surface area contributed by atoms with E-state index in [-0.39, 0.29) is 11.6 Å². The molecule has 0 saturated carbocycles. The molecule has 1 saturated heterocycles. The van der Waals surface area contributed by atoms with Crippen molar-refractivity contribution in [3.8, 4) is 0 Å². The van der Waals surface area contributed by atoms with Crippen molar-refractivity contribution in [3.63, 3.8) is 0 Å². The van der Waals surface area contributed by atoms with Gasteiger partial charge in [0.25, 0.3) is 0 Å². The molecule has 0 amide bonds. The maximum atomic E-state index is 12.7. The van der Waals surface area contributed by atoms with Gasteiger partial charge < -0.3 is 4.90 Å². The van der Waals surface area contributed by atoms with E-state index >= 15 is 0 Å². The number of piperidine rings is 1. The molecule has 1 fully saturated rings. The van der Waals surface area contributed by atoms with Gasteiger partial charge in [-0.3, -0.25) is 4.79 Å². The number of carbonyl (C=O) groups is 1. The molecule has 16 heavy (non-hydrogen) atoms. The van der Waals surface area contributed by atoms with E-state index in [4.69, 9.17) is 0 Å². The number of halogens is 1. The maximum absolute atomic E-state index is 12.7. The molecule has 0 aliphatic carbocycles. The Kier molecular flexibility index (Phi) is 3.67. The fraction of sp³-hybridized carbons (Fsp3) is 0.462. The van der Waals surface area contributed by atoms with Crippen molar-refractivity contribution in [2.24, 2.45) is 0 Å². The summed E-state index contributed by atoms with van der Waals surface area (Å²) in [5.74, 6) is -0.168. The van der Waals surface area contributed by atoms with Gasteiger partial charge in [0.1, 0.15) is 12.4 Å². The third kappa shape index (κ3) is 2.89. The summed E-state index contributed by atoms with van der Waals surface area (Å²) < 4.78 is 12.7. The fourth-order valence-electron chi connectivity index (χ4n) is 2.19. The monoisotopic (exact) mass is 222 g/mol. The summed E-state index contributed by atoms with van der Waals surface area (Å²) in [7, 11) is 0. The zero-order valence-electron chi connectivity index (χ0n) is 9.34. The Morgan fingerprint density at radius 1 is 1.12 bits per heavy atom. The van der Waals surface area contributed by atoms with Crippen molar-refractivity contribution >= 4 is 5.78 Å². The van der Waals surface area contributed by atoms with Gasteiger partial charge in [0.15, 0.2) is 0 Å². The van der Waals surface area contributed by atoms with E-state index in [9.17, 15) is 9.18 Å². The third-order valence-corrected chi connectivity index (χ3v) is 3.14. The SMILES string of the molecule is O=C(C[NH+]1CCCCC1)c1ccc(F)cc1. The number of hydrogen-bond donors (Lipinski definition) is 1. The van der Waals surface area contributed by atoms with Crippen LogP contribution in [0.5, 0.6) is 0 Å². The minimum absolute atomic E-state index is 0.122. The van der Waals surface area contributed by atoms with Gasteiger partial charge in [0.05, 0.1) is 13.1 Å². The number of quaternary nitrogens is 1. The molecule has 0 spiro atoms. The van der Waals surface area contributed by atoms with Crippen LogP contribution in [0, 0.1) is 5.82 Å². The van der Waals surface area contributed by atoms with Gasteiger partial charge in [-0.1, -0.05) is 0 Å². The first-order valence-corrected chi connectivity index (χ1v) is 5.88. The molecule has 1 aromatic rings. The minimum Gasteiger partial charge on any atom is -0.328 e. The molecule has 0 aromatic heterocycles. The van der Waals surface area contributed by atoms with Gasteiger partial charge in [-0.2, -0.15) is 0 Å². The highest BCUT2D eigenvalue weighted by atomic mass is 19.1. The molecule has 2 rings (SSSR count). The molecule has 86 valence electrons. The zero-order chi connectivity index (χ0) is 11.4. The van der Waals surface area contributed by atoms with Gasteiger partial charge in [-0.25, -0.2) is 4.39 Å². The second-order valence-corrected chi connectivity index (χ2v) is 4.42. The van der Waals surface area contributed by atoms with Crippen LogP contribution in [0.4, 0.5) is 4.39 Å². The topological polar surface area (TPSA) is 21.5 Å². The smallest absolute Gasteiger partial charge is 0.216 e. The molecule has 0 radical (unpaired) electrons. The number of Topliss-reactive ketones (excluding diaryl/α,β-unsaturated/α-hetero) is 1. The lowest BCUT2D eigenvalue weighted by atomic mass is 10.1. The Labute approximate surface area is 95.1 Å². The van der Waals surface area contributed by atoms with E-state index in [1.807, 2.05) is 0 Å². The quantitative estimate of drug-likeness (QED) is 0.759. The second kappa shape index (κ2) is 5.21. The molecule has 1 aliphatic heterocycles. The summed E-state index contributed by atoms with van der Waals surface area (Å²) >= 11 is 0. The van der Waals surface area contributed by atoms with Crippen molar-refractivity contribution in [2.75, 3.05) is 19.6 Å². The highest BCUT2D eigenvalue weighted by Crippen LogP contribution is 2.03. The van der Waals surface area contributed by atoms with Crippen LogP contribution in [-0.4, -0.2) is 25.4 Å². The van der Waals surface area contributed by atoms with Crippen molar-refractivity contribution < 1.29 is 14.1 Å². The fourth-order valence-corrected chi connectivity index (χ4v) is 2.19. The lowest BCUT2D eigenvalue weighted by Gasteiger charge is -2.22. The molecule has 0 atom stereocenters. The summed E-state index contributed by atoms with van der Waals surface area (Å²) in [5.41, 5.74) is 0.625. The standard InChI is InChI=1S/C13H16FNO/c14-12-6-4-11(5-7-12)13(16)10-15-8-2-1-3-9-15/h4-7H,1-3,8-10H2/p+1. The van der Waals surface area contributed by atoms with Crippen LogP contribution < -0.4 is 4.90 Å². The first-order valence-electron chi connectivity index (χ1n) is 5.88. The van der Waals surface area contributed by atoms with Gasteiger partial charge in [0.2, 0.25) is 5.78 Å². The molecule has 1 aliphatic rings. The number of ketones is 1. The normalized spacial score (nSPS) is 17.3. The average molecular weight is 222 g/mol. The number of benzene rings is 1. The number of hydrogen-bond acceptors (Lipinski definition) is 1. The summed E-state index contributed by atoms with van der Waals surface area (Å²) in [6.07, 6.45) is 3.71. The predicted molar refractivity (Wildman–Crippen MR) is 60.1 cm³/mol. The maximum Gasteiger partial charge on any atom is 0.216 e. The van der Waals surface area contributed by atoms with Crippen LogP contribution >= 0.6 is 0 Å². The van der Waals surface area contributed by atoms with Crippen LogP contribution in [0.1, 0.15) is 29.6 Å². The van der Waals surface area contributed by atoms with E-state index in [2.05, 4.69) is 0 Å². The van der Waals surface area contributed by atoms with Gasteiger partial charge >= 0.3 is 0 Å². The largest absolute Gasteiger partial charge is 0.328 e. The van der Waals surface area contributed by atoms with Crippen molar-refractivity contribution in [3.05, 3.63) is 35.6 Å². The highest BCUT2D eigenvalue weighted by molar-refractivity contribution is 5.96. The highest BCUT2D eigenvalue weighted by Gasteiger charge is 2.18. The van der Waals surface area contributed by atoms with E-state index in [1.165, 1.54) is 36.3 Å². The average Bonchev–Trinajstić information content (AvgIpc) is 2.31. The van der Waals surface area contributed by atoms with Crippen LogP contribution in [0.3, 0.4) is 0 Å². The summed E-state index contributed by atoms with van der Waals surface area (Å²) in [5, 5.41) is 0. The van der Waals surface area contributed by atoms with E-state index in [0.717, 1.165) is 13.1 Å². The number of likely N-dealkylation sites (tertiary alicyclic amines) is 1. The molecule has 0 bridgehead atoms. The minimum atomic E-state index is -0.290. The van der Waals surface area contributed by atoms with Crippen LogP contribution in [0.15, 0.2) is 24.3 Å². The second-order valence-electron chi connectivity index (χ2n) is 4.42. The molecular weight excluding hydrogens is 205 g/mol. The molecule has 1 aromatic carbocycles. The number of rotatable bonds is 3. The first-order chi connectivity index (χ1) is 7.75. The van der Waals surface area contributed by atoms with Gasteiger partial charge in [-0.15, -0.1) is 0 Å². The molecular formula is C13H17FNO+. The lowest BCUT2D eigenvalue weighted by Crippen LogP contribution is -3.13. The van der Waals surface area contributed by atoms with Crippen LogP contribution in [-0.2, 0) is 0 Å². The summed E-state index contributed by atoms with van der Waals surface area (Å²) in [6, 6.07) is 5.83. The lowest BCUT2D eigenvalue weighted by molar-refractivity contribution is -0.896. The number of carbonyl (C=O) groups excluding carboxylic acids is 1. The molecule has 2 nitrogen and oxygen atoms in total. The Morgan fingerprint density at radius 2 is 1.75 bits per heavy atom. The Balaban J connectivity index is 1.94. The van der Waals surface area contributed by atoms with E-state index in [1.54, 1.807) is 12.1 Å². The van der Waals surface area contributed by atoms with Crippen molar-refractivity contribution in [2.45, 2.75) is 19.3 Å². The molecule has 1 N–H and O–H groups in total. The summed E-state index contributed by atoms with van der Waals surface area (Å²) in [4.78, 5) is 13.2. The predicted octanol–water partition coefficient (Wildman–Crippen LogP) is 1.08. The number of nitrogens with one attached hydrogen (secondary N) is 1. The first kappa shape index (κ1) is 11.3. The van der Waals surface area contributed by atoms with Crippen molar-refractivity contribution in [1.82, 2.24) is 0 Å². The summed E-state index contributed by atoms with van der Waals surface area (Å²) in [6.45, 7) is 2.73. The Hall–Kier alpha value is -1.22. The van der Waals surface area contributed by atoms with Gasteiger partial charge in [0, 0.05) is 5.56 Å². The van der Waals surface area contributed by atoms with E-state index < -0.39 is 0 Å². The Bertz CT molecular complexity index is 355. The molecule has 1 heterocycles. The van der Waals surface area contributed by atoms with Crippen LogP contribution in [0.25, 0.3) is 0 Å². The molecule has 3 heteroatoms. The van der Waals surface area contributed by atoms with Crippen LogP contribution in [0.2, 0.25) is 0 Å². The molecule has 0 unspecified atom stereocenters. The van der Waals surface area contributed by atoms with Crippen molar-refractivity contribution in [1.29, 1.82) is 0 Å². The zero-order valence-corrected chi connectivity index (χ0v) is 9.34. The third-order valence-electron chi connectivity index (χ3n) is 3.14.